The van der Waals surface area contributed by atoms with Crippen LogP contribution in [-0.2, 0) is 7.05 Å². The standard InChI is InChI=1S/C12H11NO3/c1-7-9(5-14)8-3-11-12(16-6-15-11)4-10(8)13(7)2/h3-5H,6H2,1-2H3. The number of aromatic nitrogens is 1. The Morgan fingerprint density at radius 1 is 1.31 bits per heavy atom. The van der Waals surface area contributed by atoms with E-state index in [1.807, 2.05) is 30.7 Å². The summed E-state index contributed by atoms with van der Waals surface area (Å²) in [6.07, 6.45) is 0.889. The van der Waals surface area contributed by atoms with Crippen molar-refractivity contribution >= 4 is 17.2 Å². The molecule has 1 aliphatic rings. The third-order valence-corrected chi connectivity index (χ3v) is 3.15. The summed E-state index contributed by atoms with van der Waals surface area (Å²) in [5.74, 6) is 1.45. The first-order valence-corrected chi connectivity index (χ1v) is 5.06. The van der Waals surface area contributed by atoms with Crippen LogP contribution in [0.1, 0.15) is 16.1 Å². The molecule has 1 aliphatic heterocycles. The number of nitrogens with zero attached hydrogens (tertiary/aromatic N) is 1. The molecule has 0 amide bonds. The van der Waals surface area contributed by atoms with E-state index in [4.69, 9.17) is 9.47 Å². The van der Waals surface area contributed by atoms with Crippen LogP contribution in [0.25, 0.3) is 10.9 Å². The minimum Gasteiger partial charge on any atom is -0.454 e. The Balaban J connectivity index is 2.43. The van der Waals surface area contributed by atoms with Gasteiger partial charge in [0.1, 0.15) is 0 Å². The molecule has 82 valence electrons. The van der Waals surface area contributed by atoms with Crippen molar-refractivity contribution in [3.63, 3.8) is 0 Å². The molecule has 2 aromatic rings. The zero-order valence-corrected chi connectivity index (χ0v) is 9.11. The van der Waals surface area contributed by atoms with Crippen LogP contribution in [-0.4, -0.2) is 17.6 Å². The van der Waals surface area contributed by atoms with Gasteiger partial charge in [-0.05, 0) is 13.0 Å². The highest BCUT2D eigenvalue weighted by Gasteiger charge is 2.19. The van der Waals surface area contributed by atoms with Gasteiger partial charge < -0.3 is 14.0 Å². The Morgan fingerprint density at radius 3 is 2.69 bits per heavy atom. The number of rotatable bonds is 1. The second-order valence-electron chi connectivity index (χ2n) is 3.90. The largest absolute Gasteiger partial charge is 0.454 e. The smallest absolute Gasteiger partial charge is 0.231 e. The van der Waals surface area contributed by atoms with E-state index in [-0.39, 0.29) is 6.79 Å². The van der Waals surface area contributed by atoms with E-state index >= 15 is 0 Å². The fourth-order valence-corrected chi connectivity index (χ4v) is 2.13. The highest BCUT2D eigenvalue weighted by atomic mass is 16.7. The Kier molecular flexibility index (Phi) is 1.74. The molecule has 0 unspecified atom stereocenters. The Morgan fingerprint density at radius 2 is 2.00 bits per heavy atom. The van der Waals surface area contributed by atoms with Crippen molar-refractivity contribution < 1.29 is 14.3 Å². The fraction of sp³-hybridized carbons (Fsp3) is 0.250. The van der Waals surface area contributed by atoms with Crippen molar-refractivity contribution in [1.29, 1.82) is 0 Å². The van der Waals surface area contributed by atoms with Gasteiger partial charge in [0.2, 0.25) is 6.79 Å². The van der Waals surface area contributed by atoms with E-state index in [2.05, 4.69) is 0 Å². The Hall–Kier alpha value is -1.97. The number of hydrogen-bond acceptors (Lipinski definition) is 3. The summed E-state index contributed by atoms with van der Waals surface area (Å²) < 4.78 is 12.6. The zero-order chi connectivity index (χ0) is 11.3. The van der Waals surface area contributed by atoms with Gasteiger partial charge in [-0.15, -0.1) is 0 Å². The molecule has 4 nitrogen and oxygen atoms in total. The van der Waals surface area contributed by atoms with Gasteiger partial charge in [0.05, 0.1) is 5.52 Å². The summed E-state index contributed by atoms with van der Waals surface area (Å²) >= 11 is 0. The van der Waals surface area contributed by atoms with Crippen LogP contribution in [0, 0.1) is 6.92 Å². The van der Waals surface area contributed by atoms with Gasteiger partial charge in [-0.25, -0.2) is 0 Å². The molecule has 0 fully saturated rings. The molecular formula is C12H11NO3. The lowest BCUT2D eigenvalue weighted by atomic mass is 10.1. The molecule has 4 heteroatoms. The monoisotopic (exact) mass is 217 g/mol. The highest BCUT2D eigenvalue weighted by molar-refractivity contribution is 6.00. The first-order valence-electron chi connectivity index (χ1n) is 5.06. The number of fused-ring (bicyclic) bond motifs is 2. The lowest BCUT2D eigenvalue weighted by Crippen LogP contribution is -1.93. The molecule has 0 saturated heterocycles. The first-order chi connectivity index (χ1) is 7.72. The van der Waals surface area contributed by atoms with Crippen molar-refractivity contribution in [2.75, 3.05) is 6.79 Å². The SMILES string of the molecule is Cc1c(C=O)c2cc3c(cc2n1C)OCO3. The molecule has 0 bridgehead atoms. The van der Waals surface area contributed by atoms with Crippen molar-refractivity contribution in [3.8, 4) is 11.5 Å². The number of hydrogen-bond donors (Lipinski definition) is 0. The van der Waals surface area contributed by atoms with E-state index in [9.17, 15) is 4.79 Å². The predicted molar refractivity (Wildman–Crippen MR) is 59.2 cm³/mol. The summed E-state index contributed by atoms with van der Waals surface area (Å²) in [6, 6.07) is 3.78. The van der Waals surface area contributed by atoms with Crippen LogP contribution in [0.3, 0.4) is 0 Å². The normalized spacial score (nSPS) is 13.4. The third-order valence-electron chi connectivity index (χ3n) is 3.15. The number of ether oxygens (including phenoxy) is 2. The first kappa shape index (κ1) is 9.27. The van der Waals surface area contributed by atoms with E-state index < -0.39 is 0 Å². The highest BCUT2D eigenvalue weighted by Crippen LogP contribution is 2.38. The fourth-order valence-electron chi connectivity index (χ4n) is 2.13. The molecule has 0 radical (unpaired) electrons. The molecule has 1 aromatic heterocycles. The quantitative estimate of drug-likeness (QED) is 0.686. The van der Waals surface area contributed by atoms with E-state index in [0.29, 0.717) is 5.75 Å². The van der Waals surface area contributed by atoms with Gasteiger partial charge in [-0.2, -0.15) is 0 Å². The average molecular weight is 217 g/mol. The second kappa shape index (κ2) is 3.01. The van der Waals surface area contributed by atoms with Gasteiger partial charge in [0.15, 0.2) is 17.8 Å². The number of benzene rings is 1. The second-order valence-corrected chi connectivity index (χ2v) is 3.90. The molecule has 3 rings (SSSR count). The van der Waals surface area contributed by atoms with Crippen LogP contribution in [0.5, 0.6) is 11.5 Å². The molecule has 0 N–H and O–H groups in total. The summed E-state index contributed by atoms with van der Waals surface area (Å²) in [6.45, 7) is 2.18. The van der Waals surface area contributed by atoms with Gasteiger partial charge in [-0.3, -0.25) is 4.79 Å². The number of aryl methyl sites for hydroxylation is 1. The molecule has 0 spiro atoms. The van der Waals surface area contributed by atoms with Crippen LogP contribution in [0.2, 0.25) is 0 Å². The predicted octanol–water partition coefficient (Wildman–Crippen LogP) is 2.03. The number of carbonyl (C=O) groups is 1. The van der Waals surface area contributed by atoms with Crippen molar-refractivity contribution in [1.82, 2.24) is 4.57 Å². The van der Waals surface area contributed by atoms with Crippen molar-refractivity contribution in [2.24, 2.45) is 7.05 Å². The zero-order valence-electron chi connectivity index (χ0n) is 9.11. The van der Waals surface area contributed by atoms with Gasteiger partial charge in [0.25, 0.3) is 0 Å². The minimum atomic E-state index is 0.251. The van der Waals surface area contributed by atoms with E-state index in [1.165, 1.54) is 0 Å². The molecule has 2 heterocycles. The number of aldehydes is 1. The van der Waals surface area contributed by atoms with Crippen LogP contribution in [0.4, 0.5) is 0 Å². The van der Waals surface area contributed by atoms with Gasteiger partial charge in [-0.1, -0.05) is 0 Å². The van der Waals surface area contributed by atoms with Crippen molar-refractivity contribution in [3.05, 3.63) is 23.4 Å². The molecule has 16 heavy (non-hydrogen) atoms. The van der Waals surface area contributed by atoms with Gasteiger partial charge >= 0.3 is 0 Å². The summed E-state index contributed by atoms with van der Waals surface area (Å²) in [7, 11) is 1.94. The van der Waals surface area contributed by atoms with E-state index in [1.54, 1.807) is 0 Å². The van der Waals surface area contributed by atoms with E-state index in [0.717, 1.165) is 34.2 Å². The average Bonchev–Trinajstić information content (AvgIpc) is 2.82. The maximum absolute atomic E-state index is 11.1. The topological polar surface area (TPSA) is 40.5 Å². The molecule has 0 saturated carbocycles. The maximum Gasteiger partial charge on any atom is 0.231 e. The molecule has 0 aliphatic carbocycles. The van der Waals surface area contributed by atoms with Gasteiger partial charge in [0, 0.05) is 29.8 Å². The molecular weight excluding hydrogens is 206 g/mol. The third kappa shape index (κ3) is 1.01. The summed E-state index contributed by atoms with van der Waals surface area (Å²) in [4.78, 5) is 11.1. The van der Waals surface area contributed by atoms with Crippen molar-refractivity contribution in [2.45, 2.75) is 6.92 Å². The summed E-state index contributed by atoms with van der Waals surface area (Å²) in [5.41, 5.74) is 2.66. The lowest BCUT2D eigenvalue weighted by Gasteiger charge is -1.99. The molecule has 0 atom stereocenters. The lowest BCUT2D eigenvalue weighted by molar-refractivity contribution is 0.112. The van der Waals surface area contributed by atoms with Crippen LogP contribution >= 0.6 is 0 Å². The maximum atomic E-state index is 11.1. The van der Waals surface area contributed by atoms with Crippen LogP contribution < -0.4 is 9.47 Å². The Bertz CT molecular complexity index is 598. The van der Waals surface area contributed by atoms with Crippen LogP contribution in [0.15, 0.2) is 12.1 Å². The summed E-state index contributed by atoms with van der Waals surface area (Å²) in [5, 5.41) is 0.916. The molecule has 1 aromatic carbocycles. The Labute approximate surface area is 92.4 Å². The number of carbonyl (C=O) groups excluding carboxylic acids is 1. The minimum absolute atomic E-state index is 0.251.